The van der Waals surface area contributed by atoms with E-state index in [0.29, 0.717) is 24.4 Å². The molecule has 2 rings (SSSR count). The van der Waals surface area contributed by atoms with Crippen molar-refractivity contribution in [3.8, 4) is 0 Å². The molecule has 5 nitrogen and oxygen atoms in total. The summed E-state index contributed by atoms with van der Waals surface area (Å²) >= 11 is 0. The van der Waals surface area contributed by atoms with Crippen LogP contribution in [0.3, 0.4) is 0 Å². The summed E-state index contributed by atoms with van der Waals surface area (Å²) in [5, 5.41) is 0. The topological polar surface area (TPSA) is 94.9 Å². The van der Waals surface area contributed by atoms with Crippen molar-refractivity contribution in [3.05, 3.63) is 23.3 Å². The summed E-state index contributed by atoms with van der Waals surface area (Å²) in [6, 6.07) is -0.210. The van der Waals surface area contributed by atoms with E-state index < -0.39 is 0 Å². The highest BCUT2D eigenvalue weighted by Crippen LogP contribution is 2.23. The van der Waals surface area contributed by atoms with Gasteiger partial charge in [0, 0.05) is 12.6 Å². The Morgan fingerprint density at radius 1 is 1.56 bits per heavy atom. The molecule has 1 aliphatic carbocycles. The normalized spacial score (nSPS) is 21.7. The average Bonchev–Trinajstić information content (AvgIpc) is 2.28. The van der Waals surface area contributed by atoms with Crippen LogP contribution in [-0.2, 0) is 6.42 Å². The van der Waals surface area contributed by atoms with Gasteiger partial charge in [0.15, 0.2) is 5.78 Å². The van der Waals surface area contributed by atoms with Crippen molar-refractivity contribution in [2.24, 2.45) is 17.4 Å². The molecule has 1 aromatic heterocycles. The molecule has 16 heavy (non-hydrogen) atoms. The number of rotatable bonds is 2. The maximum atomic E-state index is 11.8. The summed E-state index contributed by atoms with van der Waals surface area (Å²) in [5.41, 5.74) is 12.7. The van der Waals surface area contributed by atoms with E-state index >= 15 is 0 Å². The van der Waals surface area contributed by atoms with Crippen molar-refractivity contribution in [1.82, 2.24) is 9.97 Å². The van der Waals surface area contributed by atoms with Gasteiger partial charge in [0.25, 0.3) is 0 Å². The largest absolute Gasteiger partial charge is 0.330 e. The van der Waals surface area contributed by atoms with E-state index in [2.05, 4.69) is 9.97 Å². The summed E-state index contributed by atoms with van der Waals surface area (Å²) in [7, 11) is 0. The van der Waals surface area contributed by atoms with E-state index in [-0.39, 0.29) is 17.7 Å². The Morgan fingerprint density at radius 3 is 2.94 bits per heavy atom. The molecule has 0 bridgehead atoms. The minimum atomic E-state index is -0.210. The fraction of sp³-hybridized carbons (Fsp3) is 0.545. The minimum Gasteiger partial charge on any atom is -0.330 e. The van der Waals surface area contributed by atoms with Crippen LogP contribution in [0.15, 0.2) is 6.20 Å². The van der Waals surface area contributed by atoms with Crippen LogP contribution in [0, 0.1) is 5.92 Å². The third-order valence-electron chi connectivity index (χ3n) is 2.88. The average molecular weight is 220 g/mol. The summed E-state index contributed by atoms with van der Waals surface area (Å²) in [5.74, 6) is 0.882. The zero-order valence-corrected chi connectivity index (χ0v) is 9.31. The Balaban J connectivity index is 2.38. The van der Waals surface area contributed by atoms with E-state index in [4.69, 9.17) is 11.5 Å². The number of fused-ring (bicyclic) bond motifs is 1. The van der Waals surface area contributed by atoms with Gasteiger partial charge in [-0.3, -0.25) is 4.79 Å². The number of carbonyl (C=O) groups excluding carboxylic acids is 1. The van der Waals surface area contributed by atoms with Crippen LogP contribution in [0.2, 0.25) is 0 Å². The van der Waals surface area contributed by atoms with E-state index in [1.807, 2.05) is 6.92 Å². The van der Waals surface area contributed by atoms with Gasteiger partial charge in [0.2, 0.25) is 0 Å². The molecule has 1 aromatic rings. The molecule has 2 atom stereocenters. The van der Waals surface area contributed by atoms with Crippen LogP contribution >= 0.6 is 0 Å². The van der Waals surface area contributed by atoms with Gasteiger partial charge in [-0.1, -0.05) is 0 Å². The molecule has 5 heteroatoms. The summed E-state index contributed by atoms with van der Waals surface area (Å²) in [6.07, 6.45) is 2.85. The second-order valence-corrected chi connectivity index (χ2v) is 4.31. The van der Waals surface area contributed by atoms with Crippen LogP contribution in [-0.4, -0.2) is 22.3 Å². The van der Waals surface area contributed by atoms with Crippen LogP contribution in [0.25, 0.3) is 0 Å². The number of carbonyl (C=O) groups is 1. The standard InChI is InChI=1S/C11H16N4O/c1-6(13)11-14-5-8-9(15-11)2-7(4-12)3-10(8)16/h5-7H,2-4,12-13H2,1H3. The lowest BCUT2D eigenvalue weighted by molar-refractivity contribution is 0.0948. The first-order chi connectivity index (χ1) is 7.61. The Morgan fingerprint density at radius 2 is 2.31 bits per heavy atom. The second-order valence-electron chi connectivity index (χ2n) is 4.31. The van der Waals surface area contributed by atoms with Gasteiger partial charge >= 0.3 is 0 Å². The molecule has 4 N–H and O–H groups in total. The molecule has 0 aliphatic heterocycles. The molecule has 2 unspecified atom stereocenters. The highest BCUT2D eigenvalue weighted by Gasteiger charge is 2.26. The summed E-state index contributed by atoms with van der Waals surface area (Å²) in [6.45, 7) is 2.34. The molecular weight excluding hydrogens is 204 g/mol. The number of ketones is 1. The lowest BCUT2D eigenvalue weighted by Crippen LogP contribution is -2.28. The number of Topliss-reactive ketones (excluding diaryl/α,β-unsaturated/α-hetero) is 1. The lowest BCUT2D eigenvalue weighted by Gasteiger charge is -2.21. The van der Waals surface area contributed by atoms with E-state index in [9.17, 15) is 4.79 Å². The van der Waals surface area contributed by atoms with Gasteiger partial charge in [-0.05, 0) is 25.8 Å². The molecule has 0 amide bonds. The Bertz CT molecular complexity index is 416. The molecule has 0 radical (unpaired) electrons. The van der Waals surface area contributed by atoms with Crippen LogP contribution < -0.4 is 11.5 Å². The second kappa shape index (κ2) is 4.27. The number of aromatic nitrogens is 2. The molecule has 1 aliphatic rings. The van der Waals surface area contributed by atoms with E-state index in [1.165, 1.54) is 0 Å². The third-order valence-corrected chi connectivity index (χ3v) is 2.88. The van der Waals surface area contributed by atoms with Gasteiger partial charge < -0.3 is 11.5 Å². The predicted molar refractivity (Wildman–Crippen MR) is 59.8 cm³/mol. The Labute approximate surface area is 94.3 Å². The molecule has 0 spiro atoms. The van der Waals surface area contributed by atoms with Crippen molar-refractivity contribution in [2.75, 3.05) is 6.54 Å². The Kier molecular flexibility index (Phi) is 2.98. The maximum Gasteiger partial charge on any atom is 0.166 e. The summed E-state index contributed by atoms with van der Waals surface area (Å²) < 4.78 is 0. The van der Waals surface area contributed by atoms with E-state index in [1.54, 1.807) is 6.20 Å². The van der Waals surface area contributed by atoms with Crippen molar-refractivity contribution in [1.29, 1.82) is 0 Å². The predicted octanol–water partition coefficient (Wildman–Crippen LogP) is 0.200. The van der Waals surface area contributed by atoms with Gasteiger partial charge in [0.1, 0.15) is 5.82 Å². The van der Waals surface area contributed by atoms with Crippen LogP contribution in [0.5, 0.6) is 0 Å². The van der Waals surface area contributed by atoms with Crippen molar-refractivity contribution in [2.45, 2.75) is 25.8 Å². The number of nitrogens with zero attached hydrogens (tertiary/aromatic N) is 2. The first-order valence-corrected chi connectivity index (χ1v) is 5.46. The van der Waals surface area contributed by atoms with Gasteiger partial charge in [0.05, 0.1) is 17.3 Å². The van der Waals surface area contributed by atoms with Crippen molar-refractivity contribution >= 4 is 5.78 Å². The van der Waals surface area contributed by atoms with Gasteiger partial charge in [-0.15, -0.1) is 0 Å². The highest BCUT2D eigenvalue weighted by molar-refractivity contribution is 5.97. The smallest absolute Gasteiger partial charge is 0.166 e. The first-order valence-electron chi connectivity index (χ1n) is 5.46. The molecule has 0 saturated heterocycles. The molecular formula is C11H16N4O. The number of hydrogen-bond acceptors (Lipinski definition) is 5. The third kappa shape index (κ3) is 1.96. The molecule has 0 fully saturated rings. The zero-order valence-electron chi connectivity index (χ0n) is 9.31. The number of hydrogen-bond donors (Lipinski definition) is 2. The Hall–Kier alpha value is -1.33. The van der Waals surface area contributed by atoms with Crippen molar-refractivity contribution in [3.63, 3.8) is 0 Å². The molecule has 0 saturated carbocycles. The van der Waals surface area contributed by atoms with Crippen LogP contribution in [0.1, 0.15) is 41.3 Å². The van der Waals surface area contributed by atoms with Gasteiger partial charge in [-0.2, -0.15) is 0 Å². The lowest BCUT2D eigenvalue weighted by atomic mass is 9.86. The molecule has 1 heterocycles. The monoisotopic (exact) mass is 220 g/mol. The number of nitrogens with two attached hydrogens (primary N) is 2. The SMILES string of the molecule is CC(N)c1ncc2c(n1)CC(CN)CC2=O. The van der Waals surface area contributed by atoms with Crippen molar-refractivity contribution < 1.29 is 4.79 Å². The minimum absolute atomic E-state index is 0.0907. The fourth-order valence-corrected chi connectivity index (χ4v) is 1.92. The van der Waals surface area contributed by atoms with Crippen LogP contribution in [0.4, 0.5) is 0 Å². The fourth-order valence-electron chi connectivity index (χ4n) is 1.92. The highest BCUT2D eigenvalue weighted by atomic mass is 16.1. The van der Waals surface area contributed by atoms with E-state index in [0.717, 1.165) is 12.1 Å². The molecule has 86 valence electrons. The summed E-state index contributed by atoms with van der Waals surface area (Å²) in [4.78, 5) is 20.2. The maximum absolute atomic E-state index is 11.8. The van der Waals surface area contributed by atoms with Gasteiger partial charge in [-0.25, -0.2) is 9.97 Å². The quantitative estimate of drug-likeness (QED) is 0.742. The first kappa shape index (κ1) is 11.2. The molecule has 0 aromatic carbocycles. The zero-order chi connectivity index (χ0) is 11.7.